The molecule has 4 nitrogen and oxygen atoms in total. The van der Waals surface area contributed by atoms with Gasteiger partial charge in [0.1, 0.15) is 0 Å². The molecule has 1 amide bonds. The van der Waals surface area contributed by atoms with Crippen LogP contribution in [0.25, 0.3) is 0 Å². The minimum absolute atomic E-state index is 0.190. The number of anilines is 1. The third-order valence-corrected chi connectivity index (χ3v) is 3.07. The molecule has 0 saturated heterocycles. The smallest absolute Gasteiger partial charge is 0.397 e. The highest BCUT2D eigenvalue weighted by Gasteiger charge is 2.20. The van der Waals surface area contributed by atoms with Crippen molar-refractivity contribution in [1.82, 2.24) is 0 Å². The van der Waals surface area contributed by atoms with Crippen LogP contribution in [0.2, 0.25) is 0 Å². The average Bonchev–Trinajstić information content (AvgIpc) is 2.38. The minimum atomic E-state index is -0.847. The standard InChI is InChI=1S/C16H23NO3/c1-6-20-16(19)15(18)17-14-12(10(2)3)8-7-9-13(14)11(4)5/h7-11H,6H2,1-5H3,(H,17,18). The van der Waals surface area contributed by atoms with Gasteiger partial charge in [0, 0.05) is 5.69 Å². The van der Waals surface area contributed by atoms with Crippen molar-refractivity contribution in [3.8, 4) is 0 Å². The van der Waals surface area contributed by atoms with Gasteiger partial charge in [-0.05, 0) is 29.9 Å². The van der Waals surface area contributed by atoms with E-state index in [1.807, 2.05) is 18.2 Å². The van der Waals surface area contributed by atoms with E-state index in [2.05, 4.69) is 33.0 Å². The van der Waals surface area contributed by atoms with E-state index < -0.39 is 11.9 Å². The molecule has 0 radical (unpaired) electrons. The van der Waals surface area contributed by atoms with Crippen LogP contribution in [-0.4, -0.2) is 18.5 Å². The van der Waals surface area contributed by atoms with Crippen LogP contribution in [0.3, 0.4) is 0 Å². The molecule has 0 aliphatic heterocycles. The Labute approximate surface area is 120 Å². The molecule has 0 saturated carbocycles. The molecule has 1 rings (SSSR count). The highest BCUT2D eigenvalue weighted by atomic mass is 16.5. The minimum Gasteiger partial charge on any atom is -0.459 e. The molecule has 1 aromatic carbocycles. The second kappa shape index (κ2) is 7.08. The van der Waals surface area contributed by atoms with Crippen LogP contribution in [0.15, 0.2) is 18.2 Å². The SMILES string of the molecule is CCOC(=O)C(=O)Nc1c(C(C)C)cccc1C(C)C. The molecule has 0 spiro atoms. The van der Waals surface area contributed by atoms with Gasteiger partial charge in [0.2, 0.25) is 0 Å². The zero-order valence-corrected chi connectivity index (χ0v) is 12.8. The number of carbonyl (C=O) groups is 2. The number of hydrogen-bond acceptors (Lipinski definition) is 3. The van der Waals surface area contributed by atoms with Crippen molar-refractivity contribution < 1.29 is 14.3 Å². The van der Waals surface area contributed by atoms with Crippen molar-refractivity contribution in [3.05, 3.63) is 29.3 Å². The molecule has 0 aliphatic carbocycles. The Bertz CT molecular complexity index is 466. The molecule has 20 heavy (non-hydrogen) atoms. The molecule has 0 aromatic heterocycles. The van der Waals surface area contributed by atoms with Gasteiger partial charge in [0.25, 0.3) is 0 Å². The van der Waals surface area contributed by atoms with Crippen molar-refractivity contribution in [1.29, 1.82) is 0 Å². The van der Waals surface area contributed by atoms with Crippen molar-refractivity contribution in [2.75, 3.05) is 11.9 Å². The number of nitrogens with one attached hydrogen (secondary N) is 1. The Morgan fingerprint density at radius 2 is 1.60 bits per heavy atom. The summed E-state index contributed by atoms with van der Waals surface area (Å²) in [6.07, 6.45) is 0. The van der Waals surface area contributed by atoms with E-state index in [4.69, 9.17) is 4.74 Å². The number of para-hydroxylation sites is 1. The number of esters is 1. The van der Waals surface area contributed by atoms with E-state index >= 15 is 0 Å². The van der Waals surface area contributed by atoms with Gasteiger partial charge in [-0.3, -0.25) is 4.79 Å². The maximum absolute atomic E-state index is 11.9. The van der Waals surface area contributed by atoms with Crippen LogP contribution in [0.1, 0.15) is 57.6 Å². The summed E-state index contributed by atoms with van der Waals surface area (Å²) in [4.78, 5) is 23.3. The number of carbonyl (C=O) groups excluding carboxylic acids is 2. The van der Waals surface area contributed by atoms with E-state index in [0.29, 0.717) is 0 Å². The molecule has 0 atom stereocenters. The van der Waals surface area contributed by atoms with Gasteiger partial charge in [0.15, 0.2) is 0 Å². The molecule has 0 fully saturated rings. The fourth-order valence-electron chi connectivity index (χ4n) is 2.06. The highest BCUT2D eigenvalue weighted by Crippen LogP contribution is 2.32. The van der Waals surface area contributed by atoms with Crippen molar-refractivity contribution >= 4 is 17.6 Å². The lowest BCUT2D eigenvalue weighted by Crippen LogP contribution is -2.26. The first-order valence-corrected chi connectivity index (χ1v) is 6.99. The Hall–Kier alpha value is -1.84. The van der Waals surface area contributed by atoms with Gasteiger partial charge < -0.3 is 10.1 Å². The molecule has 0 aliphatic rings. The Morgan fingerprint density at radius 1 is 1.10 bits per heavy atom. The van der Waals surface area contributed by atoms with Crippen LogP contribution in [0.4, 0.5) is 5.69 Å². The largest absolute Gasteiger partial charge is 0.459 e. The lowest BCUT2D eigenvalue weighted by molar-refractivity contribution is -0.152. The second-order valence-electron chi connectivity index (χ2n) is 5.30. The van der Waals surface area contributed by atoms with Crippen LogP contribution < -0.4 is 5.32 Å². The Kier molecular flexibility index (Phi) is 5.74. The predicted octanol–water partition coefficient (Wildman–Crippen LogP) is 3.44. The molecular weight excluding hydrogens is 254 g/mol. The maximum atomic E-state index is 11.9. The molecular formula is C16H23NO3. The van der Waals surface area contributed by atoms with Crippen molar-refractivity contribution in [2.24, 2.45) is 0 Å². The Morgan fingerprint density at radius 3 is 2.00 bits per heavy atom. The van der Waals surface area contributed by atoms with Gasteiger partial charge in [-0.15, -0.1) is 0 Å². The average molecular weight is 277 g/mol. The van der Waals surface area contributed by atoms with Gasteiger partial charge in [-0.25, -0.2) is 4.79 Å². The van der Waals surface area contributed by atoms with Crippen LogP contribution in [0.5, 0.6) is 0 Å². The quantitative estimate of drug-likeness (QED) is 0.677. The van der Waals surface area contributed by atoms with Gasteiger partial charge in [0.05, 0.1) is 6.61 Å². The van der Waals surface area contributed by atoms with E-state index in [-0.39, 0.29) is 18.4 Å². The zero-order chi connectivity index (χ0) is 15.3. The van der Waals surface area contributed by atoms with E-state index in [1.165, 1.54) is 0 Å². The molecule has 110 valence electrons. The number of amides is 1. The summed E-state index contributed by atoms with van der Waals surface area (Å²) in [5.41, 5.74) is 2.78. The first kappa shape index (κ1) is 16.2. The lowest BCUT2D eigenvalue weighted by Gasteiger charge is -2.19. The summed E-state index contributed by atoms with van der Waals surface area (Å²) in [5.74, 6) is -1.06. The summed E-state index contributed by atoms with van der Waals surface area (Å²) >= 11 is 0. The summed E-state index contributed by atoms with van der Waals surface area (Å²) < 4.78 is 4.73. The summed E-state index contributed by atoms with van der Waals surface area (Å²) in [6, 6.07) is 5.92. The van der Waals surface area contributed by atoms with Crippen molar-refractivity contribution in [2.45, 2.75) is 46.5 Å². The van der Waals surface area contributed by atoms with E-state index in [0.717, 1.165) is 16.8 Å². The first-order valence-electron chi connectivity index (χ1n) is 6.99. The third-order valence-electron chi connectivity index (χ3n) is 3.07. The number of rotatable bonds is 4. The number of ether oxygens (including phenoxy) is 1. The summed E-state index contributed by atoms with van der Waals surface area (Å²) in [7, 11) is 0. The summed E-state index contributed by atoms with van der Waals surface area (Å²) in [6.45, 7) is 10.1. The first-order chi connectivity index (χ1) is 9.38. The van der Waals surface area contributed by atoms with Gasteiger partial charge >= 0.3 is 11.9 Å². The predicted molar refractivity (Wildman–Crippen MR) is 79.9 cm³/mol. The highest BCUT2D eigenvalue weighted by molar-refractivity contribution is 6.37. The topological polar surface area (TPSA) is 55.4 Å². The number of benzene rings is 1. The van der Waals surface area contributed by atoms with Gasteiger partial charge in [-0.2, -0.15) is 0 Å². The zero-order valence-electron chi connectivity index (χ0n) is 12.8. The number of hydrogen-bond donors (Lipinski definition) is 1. The third kappa shape index (κ3) is 3.83. The van der Waals surface area contributed by atoms with E-state index in [1.54, 1.807) is 6.92 Å². The molecule has 0 bridgehead atoms. The Balaban J connectivity index is 3.14. The molecule has 1 N–H and O–H groups in total. The van der Waals surface area contributed by atoms with Crippen LogP contribution in [-0.2, 0) is 14.3 Å². The molecule has 0 unspecified atom stereocenters. The van der Waals surface area contributed by atoms with Crippen LogP contribution >= 0.6 is 0 Å². The van der Waals surface area contributed by atoms with E-state index in [9.17, 15) is 9.59 Å². The van der Waals surface area contributed by atoms with Gasteiger partial charge in [-0.1, -0.05) is 45.9 Å². The molecule has 0 heterocycles. The summed E-state index contributed by atoms with van der Waals surface area (Å²) in [5, 5.41) is 2.71. The lowest BCUT2D eigenvalue weighted by atomic mass is 9.92. The monoisotopic (exact) mass is 277 g/mol. The fraction of sp³-hybridized carbons (Fsp3) is 0.500. The second-order valence-corrected chi connectivity index (χ2v) is 5.30. The van der Waals surface area contributed by atoms with Crippen LogP contribution in [0, 0.1) is 0 Å². The maximum Gasteiger partial charge on any atom is 0.397 e. The normalized spacial score (nSPS) is 10.8. The molecule has 4 heteroatoms. The molecule has 1 aromatic rings. The fourth-order valence-corrected chi connectivity index (χ4v) is 2.06. The van der Waals surface area contributed by atoms with Crippen molar-refractivity contribution in [3.63, 3.8) is 0 Å².